The van der Waals surface area contributed by atoms with Crippen molar-refractivity contribution in [3.8, 4) is 0 Å². The lowest BCUT2D eigenvalue weighted by molar-refractivity contribution is -0.119. The van der Waals surface area contributed by atoms with Gasteiger partial charge in [0, 0.05) is 0 Å². The van der Waals surface area contributed by atoms with Gasteiger partial charge in [-0.05, 0) is 85.6 Å². The van der Waals surface area contributed by atoms with Gasteiger partial charge in [0.05, 0.1) is 19.2 Å². The summed E-state index contributed by atoms with van der Waals surface area (Å²) in [5.74, 6) is 1.48. The molecular weight excluding hydrogens is 573 g/mol. The zero-order valence-electron chi connectivity index (χ0n) is 30.0. The van der Waals surface area contributed by atoms with Crippen molar-refractivity contribution >= 4 is 13.4 Å². The van der Waals surface area contributed by atoms with Crippen LogP contribution in [0.25, 0.3) is 0 Å². The molecular formula is C40H58NO3P. The number of carbonyl (C=O) groups excluding carboxylic acids is 1. The summed E-state index contributed by atoms with van der Waals surface area (Å²) < 4.78 is 21.3. The van der Waals surface area contributed by atoms with Crippen molar-refractivity contribution in [1.82, 2.24) is 5.09 Å². The molecule has 0 bridgehead atoms. The predicted octanol–water partition coefficient (Wildman–Crippen LogP) is 11.7. The summed E-state index contributed by atoms with van der Waals surface area (Å²) in [5, 5.41) is 2.99. The smallest absolute Gasteiger partial charge is 0.300 e. The lowest BCUT2D eigenvalue weighted by atomic mass is 9.83. The average molecular weight is 632 g/mol. The molecule has 3 rings (SSSR count). The fraction of sp³-hybridized carbons (Fsp3) is 0.525. The Bertz CT molecular complexity index is 1430. The van der Waals surface area contributed by atoms with Gasteiger partial charge >= 0.3 is 7.52 Å². The second kappa shape index (κ2) is 15.7. The SMILES string of the molecule is CC(C)c1cc(C(C)C)c(CC(=O)NP(=O)(Cc2c(C(C)C)cc(C(C)C)cc2C(C)C)OCc2ccccc2)c(C(C)C)c1. The number of amides is 1. The summed E-state index contributed by atoms with van der Waals surface area (Å²) >= 11 is 0. The van der Waals surface area contributed by atoms with Gasteiger partial charge in [0.25, 0.3) is 0 Å². The summed E-state index contributed by atoms with van der Waals surface area (Å²) in [6, 6.07) is 18.8. The van der Waals surface area contributed by atoms with E-state index in [1.807, 2.05) is 30.3 Å². The molecule has 3 aromatic carbocycles. The summed E-state index contributed by atoms with van der Waals surface area (Å²) in [5.41, 5.74) is 10.3. The maximum atomic E-state index is 15.0. The normalized spacial score (nSPS) is 13.5. The molecule has 0 radical (unpaired) electrons. The molecule has 1 unspecified atom stereocenters. The quantitative estimate of drug-likeness (QED) is 0.180. The van der Waals surface area contributed by atoms with E-state index >= 15 is 0 Å². The minimum atomic E-state index is -3.67. The van der Waals surface area contributed by atoms with Crippen molar-refractivity contribution in [3.63, 3.8) is 0 Å². The van der Waals surface area contributed by atoms with Gasteiger partial charge in [-0.3, -0.25) is 14.4 Å². The van der Waals surface area contributed by atoms with Crippen LogP contribution >= 0.6 is 7.52 Å². The molecule has 1 atom stereocenters. The summed E-state index contributed by atoms with van der Waals surface area (Å²) in [6.07, 6.45) is 0.323. The second-order valence-electron chi connectivity index (χ2n) is 14.6. The maximum Gasteiger partial charge on any atom is 0.300 e. The third-order valence-electron chi connectivity index (χ3n) is 8.79. The molecule has 246 valence electrons. The van der Waals surface area contributed by atoms with Crippen LogP contribution in [-0.2, 0) is 33.1 Å². The molecule has 0 aromatic heterocycles. The molecule has 0 aliphatic rings. The number of nitrogens with one attached hydrogen (secondary N) is 1. The number of hydrogen-bond acceptors (Lipinski definition) is 3. The molecule has 0 saturated heterocycles. The van der Waals surface area contributed by atoms with Gasteiger partial charge in [0.15, 0.2) is 0 Å². The molecule has 0 aliphatic heterocycles. The van der Waals surface area contributed by atoms with Crippen molar-refractivity contribution in [2.45, 2.75) is 138 Å². The Morgan fingerprint density at radius 1 is 0.622 bits per heavy atom. The standard InChI is InChI=1S/C40H58NO3P/c1-25(2)32-18-34(27(5)6)38(35(19-32)28(7)8)22-40(42)41-45(43,44-23-31-16-14-13-15-17-31)24-39-36(29(9)10)20-33(26(3)4)21-37(39)30(11)12/h13-21,25-30H,22-24H2,1-12H3,(H,41,42,43). The van der Waals surface area contributed by atoms with E-state index in [0.717, 1.165) is 16.7 Å². The first-order valence-electron chi connectivity index (χ1n) is 16.9. The van der Waals surface area contributed by atoms with Gasteiger partial charge in [0.1, 0.15) is 0 Å². The Kier molecular flexibility index (Phi) is 12.9. The summed E-state index contributed by atoms with van der Waals surface area (Å²) in [4.78, 5) is 14.0. The summed E-state index contributed by atoms with van der Waals surface area (Å²) in [7, 11) is -3.67. The van der Waals surface area contributed by atoms with E-state index in [-0.39, 0.29) is 48.8 Å². The minimum Gasteiger partial charge on any atom is -0.308 e. The fourth-order valence-corrected chi connectivity index (χ4v) is 7.90. The number of rotatable bonds is 14. The average Bonchev–Trinajstić information content (AvgIpc) is 2.95. The largest absolute Gasteiger partial charge is 0.308 e. The molecule has 0 spiro atoms. The van der Waals surface area contributed by atoms with Crippen LogP contribution in [0.15, 0.2) is 54.6 Å². The molecule has 0 heterocycles. The van der Waals surface area contributed by atoms with Crippen LogP contribution in [0.2, 0.25) is 0 Å². The zero-order chi connectivity index (χ0) is 33.6. The summed E-state index contributed by atoms with van der Waals surface area (Å²) in [6.45, 7) is 26.5. The molecule has 0 aliphatic carbocycles. The van der Waals surface area contributed by atoms with E-state index in [4.69, 9.17) is 4.52 Å². The van der Waals surface area contributed by atoms with Crippen LogP contribution in [-0.4, -0.2) is 5.91 Å². The van der Waals surface area contributed by atoms with E-state index in [1.165, 1.54) is 33.4 Å². The first-order chi connectivity index (χ1) is 21.0. The Hall–Kier alpha value is -2.68. The first kappa shape index (κ1) is 36.8. The Morgan fingerprint density at radius 3 is 1.40 bits per heavy atom. The molecule has 0 saturated carbocycles. The van der Waals surface area contributed by atoms with Gasteiger partial charge in [0.2, 0.25) is 5.91 Å². The van der Waals surface area contributed by atoms with Crippen LogP contribution in [0.5, 0.6) is 0 Å². The molecule has 5 heteroatoms. The van der Waals surface area contributed by atoms with Crippen molar-refractivity contribution in [1.29, 1.82) is 0 Å². The number of carbonyl (C=O) groups is 1. The third-order valence-corrected chi connectivity index (χ3v) is 10.7. The zero-order valence-corrected chi connectivity index (χ0v) is 30.8. The Balaban J connectivity index is 2.09. The van der Waals surface area contributed by atoms with E-state index in [1.54, 1.807) is 0 Å². The molecule has 1 amide bonds. The van der Waals surface area contributed by atoms with Crippen LogP contribution < -0.4 is 5.09 Å². The lowest BCUT2D eigenvalue weighted by Crippen LogP contribution is -2.26. The van der Waals surface area contributed by atoms with Crippen LogP contribution in [0, 0.1) is 0 Å². The van der Waals surface area contributed by atoms with Crippen molar-refractivity contribution in [3.05, 3.63) is 105 Å². The van der Waals surface area contributed by atoms with Gasteiger partial charge < -0.3 is 4.52 Å². The molecule has 4 nitrogen and oxygen atoms in total. The molecule has 45 heavy (non-hydrogen) atoms. The molecule has 3 aromatic rings. The lowest BCUT2D eigenvalue weighted by Gasteiger charge is -2.27. The van der Waals surface area contributed by atoms with Crippen molar-refractivity contribution in [2.24, 2.45) is 0 Å². The van der Waals surface area contributed by atoms with Crippen LogP contribution in [0.1, 0.15) is 169 Å². The van der Waals surface area contributed by atoms with Gasteiger partial charge in [-0.15, -0.1) is 0 Å². The van der Waals surface area contributed by atoms with E-state index in [9.17, 15) is 9.36 Å². The Morgan fingerprint density at radius 2 is 1.02 bits per heavy atom. The predicted molar refractivity (Wildman–Crippen MR) is 192 cm³/mol. The topological polar surface area (TPSA) is 55.4 Å². The first-order valence-corrected chi connectivity index (χ1v) is 18.8. The van der Waals surface area contributed by atoms with E-state index in [0.29, 0.717) is 11.8 Å². The molecule has 1 N–H and O–H groups in total. The maximum absolute atomic E-state index is 15.0. The number of hydrogen-bond donors (Lipinski definition) is 1. The van der Waals surface area contributed by atoms with Crippen molar-refractivity contribution < 1.29 is 13.9 Å². The number of benzene rings is 3. The van der Waals surface area contributed by atoms with E-state index in [2.05, 4.69) is 112 Å². The fourth-order valence-electron chi connectivity index (χ4n) is 6.07. The van der Waals surface area contributed by atoms with Gasteiger partial charge in [-0.25, -0.2) is 0 Å². The van der Waals surface area contributed by atoms with Crippen molar-refractivity contribution in [2.75, 3.05) is 0 Å². The minimum absolute atomic E-state index is 0.158. The second-order valence-corrected chi connectivity index (χ2v) is 16.7. The monoisotopic (exact) mass is 631 g/mol. The third kappa shape index (κ3) is 9.66. The highest BCUT2D eigenvalue weighted by molar-refractivity contribution is 7.56. The highest BCUT2D eigenvalue weighted by Crippen LogP contribution is 2.50. The Labute approximate surface area is 274 Å². The highest BCUT2D eigenvalue weighted by atomic mass is 31.2. The van der Waals surface area contributed by atoms with Gasteiger partial charge in [-0.2, -0.15) is 0 Å². The van der Waals surface area contributed by atoms with Crippen LogP contribution in [0.3, 0.4) is 0 Å². The molecule has 0 fully saturated rings. The van der Waals surface area contributed by atoms with Gasteiger partial charge in [-0.1, -0.05) is 138 Å². The highest BCUT2D eigenvalue weighted by Gasteiger charge is 2.31. The van der Waals surface area contributed by atoms with Crippen LogP contribution in [0.4, 0.5) is 0 Å². The van der Waals surface area contributed by atoms with E-state index < -0.39 is 7.52 Å².